The van der Waals surface area contributed by atoms with Gasteiger partial charge in [-0.25, -0.2) is 4.98 Å². The predicted octanol–water partition coefficient (Wildman–Crippen LogP) is 2.40. The van der Waals surface area contributed by atoms with E-state index in [0.29, 0.717) is 54.4 Å². The molecule has 150 valence electrons. The van der Waals surface area contributed by atoms with Crippen LogP contribution in [-0.2, 0) is 11.3 Å². The Hall–Kier alpha value is -3.42. The molecule has 0 radical (unpaired) electrons. The zero-order valence-corrected chi connectivity index (χ0v) is 16.1. The Morgan fingerprint density at radius 2 is 2.07 bits per heavy atom. The Kier molecular flexibility index (Phi) is 5.41. The fraction of sp³-hybridized carbons (Fsp3) is 0.333. The van der Waals surface area contributed by atoms with Gasteiger partial charge >= 0.3 is 0 Å². The molecule has 3 aromatic rings. The molecule has 0 atom stereocenters. The Labute approximate surface area is 167 Å². The lowest BCUT2D eigenvalue weighted by Crippen LogP contribution is -2.42. The maximum Gasteiger partial charge on any atom is 0.253 e. The predicted molar refractivity (Wildman–Crippen MR) is 105 cm³/mol. The first kappa shape index (κ1) is 18.9. The monoisotopic (exact) mass is 394 g/mol. The van der Waals surface area contributed by atoms with Gasteiger partial charge in [-0.2, -0.15) is 4.98 Å². The minimum absolute atomic E-state index is 0.0401. The summed E-state index contributed by atoms with van der Waals surface area (Å²) in [5.41, 5.74) is 1.72. The number of ether oxygens (including phenoxy) is 1. The van der Waals surface area contributed by atoms with Crippen molar-refractivity contribution < 1.29 is 18.7 Å². The van der Waals surface area contributed by atoms with Gasteiger partial charge in [0.25, 0.3) is 5.91 Å². The van der Waals surface area contributed by atoms with Crippen molar-refractivity contribution >= 4 is 23.0 Å². The SMILES string of the molecule is COc1cccc(C(=O)N2CCC(C(=O)NCc3nc4ncccc4o3)CC2)c1. The molecular weight excluding hydrogens is 372 g/mol. The maximum atomic E-state index is 12.7. The molecule has 1 fully saturated rings. The average Bonchev–Trinajstić information content (AvgIpc) is 3.20. The summed E-state index contributed by atoms with van der Waals surface area (Å²) < 4.78 is 10.8. The van der Waals surface area contributed by atoms with Gasteiger partial charge in [0, 0.05) is 30.8 Å². The van der Waals surface area contributed by atoms with E-state index in [1.807, 2.05) is 0 Å². The lowest BCUT2D eigenvalue weighted by molar-refractivity contribution is -0.126. The first-order valence-electron chi connectivity index (χ1n) is 9.55. The largest absolute Gasteiger partial charge is 0.497 e. The smallest absolute Gasteiger partial charge is 0.253 e. The molecule has 1 saturated heterocycles. The van der Waals surface area contributed by atoms with E-state index in [2.05, 4.69) is 15.3 Å². The number of carbonyl (C=O) groups excluding carboxylic acids is 2. The van der Waals surface area contributed by atoms with E-state index in [4.69, 9.17) is 9.15 Å². The van der Waals surface area contributed by atoms with E-state index in [-0.39, 0.29) is 24.3 Å². The minimum atomic E-state index is -0.133. The van der Waals surface area contributed by atoms with Gasteiger partial charge in [0.05, 0.1) is 13.7 Å². The van der Waals surface area contributed by atoms with Crippen molar-refractivity contribution in [3.63, 3.8) is 0 Å². The number of amides is 2. The molecule has 0 unspecified atom stereocenters. The third-order valence-corrected chi connectivity index (χ3v) is 5.09. The molecule has 29 heavy (non-hydrogen) atoms. The van der Waals surface area contributed by atoms with E-state index < -0.39 is 0 Å². The van der Waals surface area contributed by atoms with Gasteiger partial charge in [-0.3, -0.25) is 9.59 Å². The summed E-state index contributed by atoms with van der Waals surface area (Å²) in [6.07, 6.45) is 2.89. The molecule has 4 rings (SSSR count). The molecule has 1 aliphatic heterocycles. The lowest BCUT2D eigenvalue weighted by atomic mass is 9.95. The highest BCUT2D eigenvalue weighted by Crippen LogP contribution is 2.21. The number of carbonyl (C=O) groups is 2. The van der Waals surface area contributed by atoms with Gasteiger partial charge in [-0.05, 0) is 43.2 Å². The van der Waals surface area contributed by atoms with Crippen LogP contribution in [0, 0.1) is 5.92 Å². The van der Waals surface area contributed by atoms with Crippen molar-refractivity contribution in [3.8, 4) is 5.75 Å². The standard InChI is InChI=1S/C21H22N4O4/c1-28-16-5-2-4-15(12-16)21(27)25-10-7-14(8-11-25)20(26)23-13-18-24-19-17(29-18)6-3-9-22-19/h2-6,9,12,14H,7-8,10-11,13H2,1H3,(H,23,26). The fourth-order valence-electron chi connectivity index (χ4n) is 3.48. The normalized spacial score (nSPS) is 14.7. The summed E-state index contributed by atoms with van der Waals surface area (Å²) in [6, 6.07) is 10.7. The summed E-state index contributed by atoms with van der Waals surface area (Å²) in [6.45, 7) is 1.31. The van der Waals surface area contributed by atoms with E-state index >= 15 is 0 Å². The number of nitrogens with zero attached hydrogens (tertiary/aromatic N) is 3. The van der Waals surface area contributed by atoms with Crippen LogP contribution in [0.25, 0.3) is 11.2 Å². The van der Waals surface area contributed by atoms with Crippen molar-refractivity contribution in [1.82, 2.24) is 20.2 Å². The van der Waals surface area contributed by atoms with Crippen molar-refractivity contribution in [3.05, 3.63) is 54.0 Å². The van der Waals surface area contributed by atoms with Crippen molar-refractivity contribution in [2.24, 2.45) is 5.92 Å². The number of fused-ring (bicyclic) bond motifs is 1. The molecule has 1 aromatic carbocycles. The third kappa shape index (κ3) is 4.21. The second kappa shape index (κ2) is 8.30. The number of hydrogen-bond acceptors (Lipinski definition) is 6. The van der Waals surface area contributed by atoms with Crippen molar-refractivity contribution in [2.75, 3.05) is 20.2 Å². The molecule has 2 amide bonds. The first-order valence-corrected chi connectivity index (χ1v) is 9.55. The Bertz CT molecular complexity index is 991. The van der Waals surface area contributed by atoms with Gasteiger partial charge in [0.1, 0.15) is 5.75 Å². The van der Waals surface area contributed by atoms with Crippen LogP contribution in [0.2, 0.25) is 0 Å². The van der Waals surface area contributed by atoms with E-state index in [9.17, 15) is 9.59 Å². The zero-order valence-electron chi connectivity index (χ0n) is 16.1. The van der Waals surface area contributed by atoms with Crippen LogP contribution < -0.4 is 10.1 Å². The van der Waals surface area contributed by atoms with Gasteiger partial charge in [0.15, 0.2) is 11.2 Å². The van der Waals surface area contributed by atoms with E-state index in [1.165, 1.54) is 0 Å². The minimum Gasteiger partial charge on any atom is -0.497 e. The summed E-state index contributed by atoms with van der Waals surface area (Å²) >= 11 is 0. The molecule has 3 heterocycles. The molecule has 1 N–H and O–H groups in total. The molecule has 0 saturated carbocycles. The lowest BCUT2D eigenvalue weighted by Gasteiger charge is -2.31. The van der Waals surface area contributed by atoms with E-state index in [1.54, 1.807) is 54.6 Å². The van der Waals surface area contributed by atoms with Gasteiger partial charge < -0.3 is 19.4 Å². The summed E-state index contributed by atoms with van der Waals surface area (Å²) in [4.78, 5) is 35.3. The highest BCUT2D eigenvalue weighted by Gasteiger charge is 2.28. The van der Waals surface area contributed by atoms with Crippen LogP contribution in [0.5, 0.6) is 5.75 Å². The molecule has 0 spiro atoms. The van der Waals surface area contributed by atoms with Gasteiger partial charge in [0.2, 0.25) is 11.8 Å². The number of hydrogen-bond donors (Lipinski definition) is 1. The number of methoxy groups -OCH3 is 1. The molecule has 0 bridgehead atoms. The molecular formula is C21H22N4O4. The number of oxazole rings is 1. The van der Waals surface area contributed by atoms with Gasteiger partial charge in [-0.15, -0.1) is 0 Å². The zero-order chi connectivity index (χ0) is 20.2. The molecule has 1 aliphatic rings. The second-order valence-electron chi connectivity index (χ2n) is 6.95. The number of pyridine rings is 1. The highest BCUT2D eigenvalue weighted by molar-refractivity contribution is 5.94. The van der Waals surface area contributed by atoms with Crippen molar-refractivity contribution in [1.29, 1.82) is 0 Å². The van der Waals surface area contributed by atoms with Crippen LogP contribution in [0.15, 0.2) is 47.0 Å². The maximum absolute atomic E-state index is 12.7. The van der Waals surface area contributed by atoms with Crippen LogP contribution in [0.1, 0.15) is 29.1 Å². The van der Waals surface area contributed by atoms with Crippen LogP contribution >= 0.6 is 0 Å². The van der Waals surface area contributed by atoms with Crippen LogP contribution in [-0.4, -0.2) is 46.9 Å². The molecule has 8 heteroatoms. The summed E-state index contributed by atoms with van der Waals surface area (Å²) in [7, 11) is 1.57. The van der Waals surface area contributed by atoms with Crippen LogP contribution in [0.4, 0.5) is 0 Å². The Balaban J connectivity index is 1.29. The van der Waals surface area contributed by atoms with Crippen molar-refractivity contribution in [2.45, 2.75) is 19.4 Å². The molecule has 8 nitrogen and oxygen atoms in total. The first-order chi connectivity index (χ1) is 14.1. The summed E-state index contributed by atoms with van der Waals surface area (Å²) in [5, 5.41) is 2.88. The Morgan fingerprint density at radius 3 is 2.83 bits per heavy atom. The molecule has 2 aromatic heterocycles. The number of piperidine rings is 1. The van der Waals surface area contributed by atoms with Gasteiger partial charge in [-0.1, -0.05) is 6.07 Å². The number of rotatable bonds is 5. The Morgan fingerprint density at radius 1 is 1.24 bits per heavy atom. The number of aromatic nitrogens is 2. The summed E-state index contributed by atoms with van der Waals surface area (Å²) in [5.74, 6) is 0.861. The second-order valence-corrected chi connectivity index (χ2v) is 6.95. The average molecular weight is 394 g/mol. The number of likely N-dealkylation sites (tertiary alicyclic amines) is 1. The number of nitrogens with one attached hydrogen (secondary N) is 1. The number of benzene rings is 1. The quantitative estimate of drug-likeness (QED) is 0.714. The highest BCUT2D eigenvalue weighted by atomic mass is 16.5. The third-order valence-electron chi connectivity index (χ3n) is 5.09. The van der Waals surface area contributed by atoms with E-state index in [0.717, 1.165) is 0 Å². The fourth-order valence-corrected chi connectivity index (χ4v) is 3.48. The van der Waals surface area contributed by atoms with Crippen LogP contribution in [0.3, 0.4) is 0 Å². The topological polar surface area (TPSA) is 97.6 Å². The molecule has 0 aliphatic carbocycles.